The van der Waals surface area contributed by atoms with Gasteiger partial charge in [-0.1, -0.05) is 134 Å². The Kier molecular flexibility index (Phi) is 8.24. The van der Waals surface area contributed by atoms with Crippen molar-refractivity contribution in [3.8, 4) is 0 Å². The minimum atomic E-state index is -0.327. The first-order valence-corrected chi connectivity index (χ1v) is 15.7. The molecule has 0 spiro atoms. The van der Waals surface area contributed by atoms with Gasteiger partial charge in [-0.25, -0.2) is 0 Å². The maximum absolute atomic E-state index is 2.36. The van der Waals surface area contributed by atoms with Crippen molar-refractivity contribution in [2.24, 2.45) is 11.8 Å². The summed E-state index contributed by atoms with van der Waals surface area (Å²) in [5, 5.41) is 6.12. The molecule has 0 amide bonds. The highest BCUT2D eigenvalue weighted by atomic mass is 31.1. The second-order valence-electron chi connectivity index (χ2n) is 9.37. The Bertz CT molecular complexity index is 941. The van der Waals surface area contributed by atoms with Crippen LogP contribution in [-0.4, -0.2) is 12.3 Å². The van der Waals surface area contributed by atoms with Crippen molar-refractivity contribution in [1.82, 2.24) is 0 Å². The van der Waals surface area contributed by atoms with E-state index in [1.54, 1.807) is 0 Å². The second-order valence-corrected chi connectivity index (χ2v) is 13.9. The van der Waals surface area contributed by atoms with E-state index in [9.17, 15) is 0 Å². The third-order valence-corrected chi connectivity index (χ3v) is 12.5. The maximum atomic E-state index is 2.36. The van der Waals surface area contributed by atoms with Crippen LogP contribution in [0.3, 0.4) is 0 Å². The molecule has 0 unspecified atom stereocenters. The van der Waals surface area contributed by atoms with E-state index in [0.717, 1.165) is 11.8 Å². The number of hydrogen-bond donors (Lipinski definition) is 0. The lowest BCUT2D eigenvalue weighted by Crippen LogP contribution is -2.30. The number of rotatable bonds is 8. The van der Waals surface area contributed by atoms with Gasteiger partial charge in [-0.05, 0) is 74.1 Å². The first-order chi connectivity index (χ1) is 16.9. The van der Waals surface area contributed by atoms with Gasteiger partial charge >= 0.3 is 0 Å². The van der Waals surface area contributed by atoms with E-state index in [4.69, 9.17) is 0 Å². The Morgan fingerprint density at radius 2 is 0.676 bits per heavy atom. The summed E-state index contributed by atoms with van der Waals surface area (Å²) in [4.78, 5) is 0. The molecule has 0 saturated heterocycles. The molecule has 0 nitrogen and oxygen atoms in total. The number of hydrogen-bond acceptors (Lipinski definition) is 0. The van der Waals surface area contributed by atoms with E-state index in [1.807, 2.05) is 0 Å². The molecule has 1 aliphatic carbocycles. The molecular formula is C32H34P2. The highest BCUT2D eigenvalue weighted by Crippen LogP contribution is 2.47. The predicted molar refractivity (Wildman–Crippen MR) is 153 cm³/mol. The lowest BCUT2D eigenvalue weighted by molar-refractivity contribution is 0.285. The molecule has 2 heteroatoms. The van der Waals surface area contributed by atoms with E-state index >= 15 is 0 Å². The van der Waals surface area contributed by atoms with E-state index in [1.165, 1.54) is 59.2 Å². The van der Waals surface area contributed by atoms with E-state index in [0.29, 0.717) is 0 Å². The van der Waals surface area contributed by atoms with Crippen LogP contribution in [0.4, 0.5) is 0 Å². The van der Waals surface area contributed by atoms with Gasteiger partial charge < -0.3 is 0 Å². The van der Waals surface area contributed by atoms with Crippen LogP contribution in [0.25, 0.3) is 0 Å². The molecule has 34 heavy (non-hydrogen) atoms. The Balaban J connectivity index is 1.43. The van der Waals surface area contributed by atoms with Crippen LogP contribution in [0, 0.1) is 11.8 Å². The Morgan fingerprint density at radius 3 is 0.941 bits per heavy atom. The van der Waals surface area contributed by atoms with Crippen molar-refractivity contribution in [1.29, 1.82) is 0 Å². The van der Waals surface area contributed by atoms with Crippen molar-refractivity contribution in [3.05, 3.63) is 121 Å². The first kappa shape index (κ1) is 23.5. The monoisotopic (exact) mass is 480 g/mol. The Morgan fingerprint density at radius 1 is 0.412 bits per heavy atom. The van der Waals surface area contributed by atoms with Gasteiger partial charge in [-0.2, -0.15) is 0 Å². The molecule has 2 atom stereocenters. The van der Waals surface area contributed by atoms with E-state index in [2.05, 4.69) is 121 Å². The summed E-state index contributed by atoms with van der Waals surface area (Å²) in [6.07, 6.45) is 8.19. The summed E-state index contributed by atoms with van der Waals surface area (Å²) in [6, 6.07) is 45.2. The molecule has 0 bridgehead atoms. The van der Waals surface area contributed by atoms with E-state index < -0.39 is 0 Å². The molecular weight excluding hydrogens is 446 g/mol. The molecule has 4 aromatic rings. The fourth-order valence-corrected chi connectivity index (χ4v) is 10.9. The molecule has 0 heterocycles. The average molecular weight is 481 g/mol. The summed E-state index contributed by atoms with van der Waals surface area (Å²) in [6.45, 7) is 0. The largest absolute Gasteiger partial charge is 0.0622 e. The Hall–Kier alpha value is -2.26. The standard InChI is InChI=1S/C32H34P2/c1-5-17-29(18-6-1)33(30-19-7-2-8-20-30)25-27-15-13-14-16-28(27)26-34(31-21-9-3-10-22-31)32-23-11-4-12-24-32/h1-12,17-24,27-28H,13-16,25-26H2/t27-,28-/m0/s1. The van der Waals surface area contributed by atoms with Crippen LogP contribution in [0.1, 0.15) is 25.7 Å². The lowest BCUT2D eigenvalue weighted by atomic mass is 9.81. The zero-order valence-corrected chi connectivity index (χ0v) is 21.6. The minimum Gasteiger partial charge on any atom is -0.0622 e. The third-order valence-electron chi connectivity index (χ3n) is 7.17. The summed E-state index contributed by atoms with van der Waals surface area (Å²) in [5.41, 5.74) is 0. The highest BCUT2D eigenvalue weighted by molar-refractivity contribution is 7.73. The zero-order chi connectivity index (χ0) is 23.0. The summed E-state index contributed by atoms with van der Waals surface area (Å²) < 4.78 is 0. The van der Waals surface area contributed by atoms with Crippen LogP contribution in [0.2, 0.25) is 0 Å². The predicted octanol–water partition coefficient (Wildman–Crippen LogP) is 7.06. The molecule has 172 valence electrons. The van der Waals surface area contributed by atoms with Crippen molar-refractivity contribution in [3.63, 3.8) is 0 Å². The van der Waals surface area contributed by atoms with Crippen LogP contribution in [0.15, 0.2) is 121 Å². The van der Waals surface area contributed by atoms with Crippen LogP contribution in [0.5, 0.6) is 0 Å². The third kappa shape index (κ3) is 5.86. The quantitative estimate of drug-likeness (QED) is 0.237. The Labute approximate surface area is 208 Å². The normalized spacial score (nSPS) is 18.3. The van der Waals surface area contributed by atoms with Crippen LogP contribution < -0.4 is 21.2 Å². The van der Waals surface area contributed by atoms with E-state index in [-0.39, 0.29) is 15.8 Å². The molecule has 0 radical (unpaired) electrons. The first-order valence-electron chi connectivity index (χ1n) is 12.6. The van der Waals surface area contributed by atoms with Gasteiger partial charge in [-0.3, -0.25) is 0 Å². The second kappa shape index (κ2) is 11.9. The molecule has 1 fully saturated rings. The maximum Gasteiger partial charge on any atom is -0.0195 e. The van der Waals surface area contributed by atoms with Gasteiger partial charge in [0.1, 0.15) is 0 Å². The molecule has 0 N–H and O–H groups in total. The van der Waals surface area contributed by atoms with Gasteiger partial charge in [-0.15, -0.1) is 0 Å². The molecule has 0 aromatic heterocycles. The average Bonchev–Trinajstić information content (AvgIpc) is 2.93. The van der Waals surface area contributed by atoms with Gasteiger partial charge in [0.05, 0.1) is 0 Å². The molecule has 5 rings (SSSR count). The summed E-state index contributed by atoms with van der Waals surface area (Å²) in [7, 11) is -0.653. The summed E-state index contributed by atoms with van der Waals surface area (Å²) in [5.74, 6) is 1.61. The SMILES string of the molecule is c1ccc(P(C[C@@H]2CCCC[C@H]2CP(c2ccccc2)c2ccccc2)c2ccccc2)cc1. The van der Waals surface area contributed by atoms with Crippen molar-refractivity contribution >= 4 is 37.1 Å². The molecule has 1 saturated carbocycles. The zero-order valence-electron chi connectivity index (χ0n) is 19.8. The number of benzene rings is 4. The molecule has 4 aromatic carbocycles. The minimum absolute atomic E-state index is 0.327. The highest BCUT2D eigenvalue weighted by Gasteiger charge is 2.31. The smallest absolute Gasteiger partial charge is 0.0195 e. The fraction of sp³-hybridized carbons (Fsp3) is 0.250. The van der Waals surface area contributed by atoms with Crippen molar-refractivity contribution in [2.45, 2.75) is 25.7 Å². The fourth-order valence-electron chi connectivity index (χ4n) is 5.39. The van der Waals surface area contributed by atoms with Gasteiger partial charge in [0.2, 0.25) is 0 Å². The van der Waals surface area contributed by atoms with Crippen LogP contribution in [-0.2, 0) is 0 Å². The molecule has 0 aliphatic heterocycles. The van der Waals surface area contributed by atoms with Gasteiger partial charge in [0, 0.05) is 0 Å². The van der Waals surface area contributed by atoms with Crippen molar-refractivity contribution in [2.75, 3.05) is 12.3 Å². The lowest BCUT2D eigenvalue weighted by Gasteiger charge is -2.37. The van der Waals surface area contributed by atoms with Gasteiger partial charge in [0.25, 0.3) is 0 Å². The summed E-state index contributed by atoms with van der Waals surface area (Å²) >= 11 is 0. The topological polar surface area (TPSA) is 0 Å². The van der Waals surface area contributed by atoms with Crippen molar-refractivity contribution < 1.29 is 0 Å². The van der Waals surface area contributed by atoms with Crippen LogP contribution >= 0.6 is 15.8 Å². The molecule has 1 aliphatic rings. The van der Waals surface area contributed by atoms with Gasteiger partial charge in [0.15, 0.2) is 0 Å².